The van der Waals surface area contributed by atoms with E-state index < -0.39 is 5.91 Å². The van der Waals surface area contributed by atoms with Crippen LogP contribution in [0.5, 0.6) is 17.2 Å². The third-order valence-electron chi connectivity index (χ3n) is 5.27. The molecule has 9 heteroatoms. The number of aromatic nitrogens is 1. The first-order valence-electron chi connectivity index (χ1n) is 9.90. The Kier molecular flexibility index (Phi) is 4.86. The number of hydrogen-bond donors (Lipinski definition) is 2. The smallest absolute Gasteiger partial charge is 0.255 e. The number of halogens is 1. The van der Waals surface area contributed by atoms with Crippen molar-refractivity contribution in [3.8, 4) is 17.2 Å². The molecule has 2 aromatic heterocycles. The zero-order valence-corrected chi connectivity index (χ0v) is 17.7. The van der Waals surface area contributed by atoms with Crippen LogP contribution in [-0.2, 0) is 0 Å². The van der Waals surface area contributed by atoms with Crippen LogP contribution >= 0.6 is 11.6 Å². The van der Waals surface area contributed by atoms with Crippen molar-refractivity contribution in [1.29, 1.82) is 0 Å². The standard InChI is InChI=1S/C23H18ClN3O5/c1-30-19-9-17-13(8-14(19)22(25)28)18(4-5-26-17)32-12-6-16(24)21-15(10-31-20(21)7-12)23(29)27-11-2-3-11/h4-11H,2-3H2,1H3,(H2,25,28)(H,27,29). The predicted octanol–water partition coefficient (Wildman–Crippen LogP) is 4.43. The van der Waals surface area contributed by atoms with Crippen molar-refractivity contribution in [1.82, 2.24) is 10.3 Å². The lowest BCUT2D eigenvalue weighted by atomic mass is 10.1. The average molecular weight is 452 g/mol. The molecule has 0 radical (unpaired) electrons. The molecule has 0 aliphatic heterocycles. The summed E-state index contributed by atoms with van der Waals surface area (Å²) >= 11 is 6.49. The summed E-state index contributed by atoms with van der Waals surface area (Å²) < 4.78 is 16.9. The van der Waals surface area contributed by atoms with Gasteiger partial charge in [0.1, 0.15) is 29.1 Å². The van der Waals surface area contributed by atoms with Gasteiger partial charge in [-0.2, -0.15) is 0 Å². The maximum absolute atomic E-state index is 12.5. The number of carbonyl (C=O) groups is 2. The zero-order chi connectivity index (χ0) is 22.4. The third kappa shape index (κ3) is 3.58. The minimum atomic E-state index is -0.629. The van der Waals surface area contributed by atoms with Gasteiger partial charge in [-0.3, -0.25) is 14.6 Å². The van der Waals surface area contributed by atoms with Crippen molar-refractivity contribution >= 4 is 45.3 Å². The van der Waals surface area contributed by atoms with Crippen LogP contribution in [-0.4, -0.2) is 29.9 Å². The van der Waals surface area contributed by atoms with E-state index in [0.717, 1.165) is 12.8 Å². The highest BCUT2D eigenvalue weighted by Gasteiger charge is 2.26. The van der Waals surface area contributed by atoms with Gasteiger partial charge in [-0.25, -0.2) is 0 Å². The Labute approximate surface area is 187 Å². The van der Waals surface area contributed by atoms with Crippen LogP contribution in [0, 0.1) is 0 Å². The Hall–Kier alpha value is -3.78. The second kappa shape index (κ2) is 7.72. The highest BCUT2D eigenvalue weighted by atomic mass is 35.5. The molecule has 1 fully saturated rings. The number of methoxy groups -OCH3 is 1. The summed E-state index contributed by atoms with van der Waals surface area (Å²) in [5, 5.41) is 4.35. The largest absolute Gasteiger partial charge is 0.496 e. The van der Waals surface area contributed by atoms with Crippen molar-refractivity contribution in [2.24, 2.45) is 5.73 Å². The van der Waals surface area contributed by atoms with Gasteiger partial charge in [0.15, 0.2) is 0 Å². The molecule has 4 aromatic rings. The second-order valence-electron chi connectivity index (χ2n) is 7.52. The van der Waals surface area contributed by atoms with Gasteiger partial charge in [0, 0.05) is 35.8 Å². The summed E-state index contributed by atoms with van der Waals surface area (Å²) in [6.45, 7) is 0. The van der Waals surface area contributed by atoms with Crippen LogP contribution in [0.3, 0.4) is 0 Å². The molecule has 2 aromatic carbocycles. The zero-order valence-electron chi connectivity index (χ0n) is 17.0. The fraction of sp³-hybridized carbons (Fsp3) is 0.174. The van der Waals surface area contributed by atoms with Crippen LogP contribution < -0.4 is 20.5 Å². The summed E-state index contributed by atoms with van der Waals surface area (Å²) in [7, 11) is 1.45. The maximum Gasteiger partial charge on any atom is 0.255 e. The number of benzene rings is 2. The summed E-state index contributed by atoms with van der Waals surface area (Å²) in [6, 6.07) is 8.34. The minimum Gasteiger partial charge on any atom is -0.496 e. The highest BCUT2D eigenvalue weighted by molar-refractivity contribution is 6.37. The summed E-state index contributed by atoms with van der Waals surface area (Å²) in [5.74, 6) is 0.320. The van der Waals surface area contributed by atoms with E-state index in [-0.39, 0.29) is 17.5 Å². The Balaban J connectivity index is 1.53. The van der Waals surface area contributed by atoms with Crippen molar-refractivity contribution in [2.75, 3.05) is 7.11 Å². The molecule has 1 saturated carbocycles. The number of nitrogens with one attached hydrogen (secondary N) is 1. The quantitative estimate of drug-likeness (QED) is 0.448. The first kappa shape index (κ1) is 20.1. The number of pyridine rings is 1. The highest BCUT2D eigenvalue weighted by Crippen LogP contribution is 2.38. The molecule has 2 amide bonds. The van der Waals surface area contributed by atoms with Gasteiger partial charge in [-0.15, -0.1) is 0 Å². The van der Waals surface area contributed by atoms with E-state index in [1.807, 2.05) is 0 Å². The molecule has 32 heavy (non-hydrogen) atoms. The molecule has 8 nitrogen and oxygen atoms in total. The van der Waals surface area contributed by atoms with Crippen LogP contribution in [0.2, 0.25) is 5.02 Å². The molecule has 5 rings (SSSR count). The van der Waals surface area contributed by atoms with Gasteiger partial charge in [-0.1, -0.05) is 11.6 Å². The first-order valence-corrected chi connectivity index (χ1v) is 10.3. The van der Waals surface area contributed by atoms with E-state index in [9.17, 15) is 9.59 Å². The summed E-state index contributed by atoms with van der Waals surface area (Å²) in [5.41, 5.74) is 7.07. The van der Waals surface area contributed by atoms with Crippen LogP contribution in [0.15, 0.2) is 47.2 Å². The lowest BCUT2D eigenvalue weighted by molar-refractivity contribution is 0.0950. The predicted molar refractivity (Wildman–Crippen MR) is 119 cm³/mol. The van der Waals surface area contributed by atoms with Crippen LogP contribution in [0.1, 0.15) is 33.6 Å². The number of nitrogens with zero attached hydrogens (tertiary/aromatic N) is 1. The van der Waals surface area contributed by atoms with E-state index in [1.54, 1.807) is 36.5 Å². The fourth-order valence-electron chi connectivity index (χ4n) is 3.54. The monoisotopic (exact) mass is 451 g/mol. The van der Waals surface area contributed by atoms with Gasteiger partial charge in [0.2, 0.25) is 0 Å². The normalized spacial score (nSPS) is 13.3. The third-order valence-corrected chi connectivity index (χ3v) is 5.57. The molecule has 0 spiro atoms. The van der Waals surface area contributed by atoms with Gasteiger partial charge in [0.05, 0.1) is 34.2 Å². The average Bonchev–Trinajstić information content (AvgIpc) is 3.47. The van der Waals surface area contributed by atoms with E-state index in [0.29, 0.717) is 49.7 Å². The Bertz CT molecular complexity index is 1390. The maximum atomic E-state index is 12.5. The molecule has 162 valence electrons. The molecule has 2 heterocycles. The minimum absolute atomic E-state index is 0.212. The Morgan fingerprint density at radius 1 is 1.19 bits per heavy atom. The number of rotatable bonds is 6. The SMILES string of the molecule is COc1cc2nccc(Oc3cc(Cl)c4c(C(=O)NC5CC5)coc4c3)c2cc1C(N)=O. The van der Waals surface area contributed by atoms with Crippen molar-refractivity contribution in [2.45, 2.75) is 18.9 Å². The number of primary amides is 1. The first-order chi connectivity index (χ1) is 15.4. The van der Waals surface area contributed by atoms with Gasteiger partial charge in [0.25, 0.3) is 11.8 Å². The molecule has 1 aliphatic carbocycles. The number of hydrogen-bond acceptors (Lipinski definition) is 6. The number of furan rings is 1. The van der Waals surface area contributed by atoms with Gasteiger partial charge < -0.3 is 24.9 Å². The molecule has 0 bridgehead atoms. The van der Waals surface area contributed by atoms with E-state index >= 15 is 0 Å². The summed E-state index contributed by atoms with van der Waals surface area (Å²) in [4.78, 5) is 28.6. The molecule has 1 aliphatic rings. The molecule has 0 unspecified atom stereocenters. The number of amides is 2. The molecule has 3 N–H and O–H groups in total. The number of carbonyl (C=O) groups excluding carboxylic acids is 2. The van der Waals surface area contributed by atoms with Gasteiger partial charge >= 0.3 is 0 Å². The van der Waals surface area contributed by atoms with Crippen molar-refractivity contribution in [3.05, 3.63) is 58.9 Å². The van der Waals surface area contributed by atoms with E-state index in [2.05, 4.69) is 10.3 Å². The number of nitrogens with two attached hydrogens (primary N) is 1. The van der Waals surface area contributed by atoms with E-state index in [4.69, 9.17) is 31.2 Å². The molecule has 0 saturated heterocycles. The Morgan fingerprint density at radius 2 is 2.00 bits per heavy atom. The molecule has 0 atom stereocenters. The van der Waals surface area contributed by atoms with Crippen molar-refractivity contribution < 1.29 is 23.5 Å². The van der Waals surface area contributed by atoms with E-state index in [1.165, 1.54) is 13.4 Å². The molecular weight excluding hydrogens is 434 g/mol. The fourth-order valence-corrected chi connectivity index (χ4v) is 3.84. The Morgan fingerprint density at radius 3 is 2.72 bits per heavy atom. The number of fused-ring (bicyclic) bond motifs is 2. The second-order valence-corrected chi connectivity index (χ2v) is 7.93. The van der Waals surface area contributed by atoms with Crippen LogP contribution in [0.25, 0.3) is 21.9 Å². The molecular formula is C23H18ClN3O5. The number of ether oxygens (including phenoxy) is 2. The van der Waals surface area contributed by atoms with Gasteiger partial charge in [-0.05, 0) is 25.0 Å². The topological polar surface area (TPSA) is 117 Å². The van der Waals surface area contributed by atoms with Crippen LogP contribution in [0.4, 0.5) is 0 Å². The lowest BCUT2D eigenvalue weighted by Gasteiger charge is -2.12. The van der Waals surface area contributed by atoms with Crippen molar-refractivity contribution in [3.63, 3.8) is 0 Å². The lowest BCUT2D eigenvalue weighted by Crippen LogP contribution is -2.25. The summed E-state index contributed by atoms with van der Waals surface area (Å²) in [6.07, 6.45) is 4.94.